The van der Waals surface area contributed by atoms with Gasteiger partial charge in [-0.15, -0.1) is 0 Å². The summed E-state index contributed by atoms with van der Waals surface area (Å²) in [5.41, 5.74) is 1.73. The molecule has 4 aromatic rings. The van der Waals surface area contributed by atoms with Gasteiger partial charge < -0.3 is 9.84 Å². The third kappa shape index (κ3) is 5.29. The molecule has 0 saturated heterocycles. The second-order valence-corrected chi connectivity index (χ2v) is 10.1. The summed E-state index contributed by atoms with van der Waals surface area (Å²) in [6.45, 7) is 5.00. The first kappa shape index (κ1) is 24.6. The summed E-state index contributed by atoms with van der Waals surface area (Å²) in [5, 5.41) is 7.31. The lowest BCUT2D eigenvalue weighted by molar-refractivity contribution is 0.102. The van der Waals surface area contributed by atoms with Crippen molar-refractivity contribution in [3.8, 4) is 11.3 Å². The Hall–Kier alpha value is -3.47. The third-order valence-electron chi connectivity index (χ3n) is 4.92. The Labute approximate surface area is 211 Å². The van der Waals surface area contributed by atoms with Gasteiger partial charge in [-0.25, -0.2) is 18.4 Å². The average Bonchev–Trinajstić information content (AvgIpc) is 3.14. The van der Waals surface area contributed by atoms with E-state index in [1.165, 1.54) is 30.3 Å². The van der Waals surface area contributed by atoms with Crippen LogP contribution in [-0.2, 0) is 10.0 Å². The fourth-order valence-electron chi connectivity index (χ4n) is 3.41. The van der Waals surface area contributed by atoms with Gasteiger partial charge >= 0.3 is 0 Å². The molecule has 0 saturated carbocycles. The predicted molar refractivity (Wildman–Crippen MR) is 133 cm³/mol. The highest BCUT2D eigenvalue weighted by Crippen LogP contribution is 2.37. The zero-order valence-corrected chi connectivity index (χ0v) is 21.1. The van der Waals surface area contributed by atoms with Gasteiger partial charge in [-0.1, -0.05) is 34.4 Å². The summed E-state index contributed by atoms with van der Waals surface area (Å²) in [6, 6.07) is 12.1. The van der Waals surface area contributed by atoms with Crippen molar-refractivity contribution >= 4 is 50.6 Å². The van der Waals surface area contributed by atoms with Gasteiger partial charge in [0.15, 0.2) is 0 Å². The number of aromatic nitrogens is 3. The van der Waals surface area contributed by atoms with Crippen LogP contribution in [0.25, 0.3) is 11.3 Å². The predicted octanol–water partition coefficient (Wildman–Crippen LogP) is 5.42. The fourth-order valence-corrected chi connectivity index (χ4v) is 4.98. The summed E-state index contributed by atoms with van der Waals surface area (Å²) < 4.78 is 33.2. The molecule has 2 N–H and O–H groups in total. The van der Waals surface area contributed by atoms with E-state index >= 15 is 0 Å². The normalized spacial score (nSPS) is 11.3. The molecule has 2 aromatic carbocycles. The van der Waals surface area contributed by atoms with Gasteiger partial charge in [0.2, 0.25) is 0 Å². The minimum Gasteiger partial charge on any atom is -0.360 e. The van der Waals surface area contributed by atoms with Crippen LogP contribution in [0, 0.1) is 20.8 Å². The summed E-state index contributed by atoms with van der Waals surface area (Å²) >= 11 is 12.6. The van der Waals surface area contributed by atoms with Crippen LogP contribution < -0.4 is 10.0 Å². The Morgan fingerprint density at radius 2 is 1.63 bits per heavy atom. The molecule has 0 aliphatic rings. The average molecular weight is 532 g/mol. The largest absolute Gasteiger partial charge is 0.360 e. The Morgan fingerprint density at radius 1 is 0.971 bits per heavy atom. The van der Waals surface area contributed by atoms with E-state index in [0.29, 0.717) is 32.8 Å². The molecule has 4 rings (SSSR count). The summed E-state index contributed by atoms with van der Waals surface area (Å²) in [6.07, 6.45) is 0. The highest BCUT2D eigenvalue weighted by Gasteiger charge is 2.25. The quantitative estimate of drug-likeness (QED) is 0.340. The van der Waals surface area contributed by atoms with Crippen molar-refractivity contribution in [3.63, 3.8) is 0 Å². The number of nitrogens with zero attached hydrogens (tertiary/aromatic N) is 3. The molecule has 0 fully saturated rings. The first-order chi connectivity index (χ1) is 16.5. The number of carbonyl (C=O) groups is 1. The van der Waals surface area contributed by atoms with Gasteiger partial charge in [0, 0.05) is 23.0 Å². The Morgan fingerprint density at radius 3 is 2.26 bits per heavy atom. The number of benzene rings is 2. The van der Waals surface area contributed by atoms with Crippen LogP contribution in [0.1, 0.15) is 27.6 Å². The molecule has 0 spiro atoms. The monoisotopic (exact) mass is 531 g/mol. The Kier molecular flexibility index (Phi) is 6.79. The standard InChI is InChI=1S/C23H19Cl2N5O4S/c1-12-11-19(27-14(3)26-12)30-35(32,33)16-9-7-15(8-10-16)28-23(31)20-13(2)34-29-22(20)21-17(24)5-4-6-18(21)25/h4-11H,1-3H3,(H,28,31)(H,26,27,30). The number of carbonyl (C=O) groups excluding carboxylic acids is 1. The molecular weight excluding hydrogens is 513 g/mol. The number of hydrogen-bond acceptors (Lipinski definition) is 7. The molecule has 0 atom stereocenters. The molecule has 9 nitrogen and oxygen atoms in total. The maximum atomic E-state index is 13.1. The molecule has 0 aliphatic heterocycles. The molecule has 2 aromatic heterocycles. The van der Waals surface area contributed by atoms with E-state index in [4.69, 9.17) is 27.7 Å². The molecule has 1 amide bonds. The van der Waals surface area contributed by atoms with Crippen LogP contribution in [0.15, 0.2) is 57.9 Å². The van der Waals surface area contributed by atoms with Gasteiger partial charge in [0.25, 0.3) is 15.9 Å². The second-order valence-electron chi connectivity index (χ2n) is 7.58. The van der Waals surface area contributed by atoms with Crippen LogP contribution in [0.2, 0.25) is 10.0 Å². The molecule has 0 aliphatic carbocycles. The van der Waals surface area contributed by atoms with Crippen LogP contribution >= 0.6 is 23.2 Å². The maximum absolute atomic E-state index is 13.1. The number of aryl methyl sites for hydroxylation is 3. The Balaban J connectivity index is 1.56. The minimum atomic E-state index is -3.90. The van der Waals surface area contributed by atoms with Crippen molar-refractivity contribution < 1.29 is 17.7 Å². The molecule has 180 valence electrons. The highest BCUT2D eigenvalue weighted by atomic mass is 35.5. The van der Waals surface area contributed by atoms with Crippen LogP contribution in [-0.4, -0.2) is 29.4 Å². The smallest absolute Gasteiger partial charge is 0.263 e. The van der Waals surface area contributed by atoms with E-state index in [9.17, 15) is 13.2 Å². The van der Waals surface area contributed by atoms with E-state index < -0.39 is 15.9 Å². The zero-order valence-electron chi connectivity index (χ0n) is 18.8. The van der Waals surface area contributed by atoms with E-state index in [2.05, 4.69) is 25.2 Å². The molecular formula is C23H19Cl2N5O4S. The van der Waals surface area contributed by atoms with E-state index in [1.54, 1.807) is 39.0 Å². The van der Waals surface area contributed by atoms with Gasteiger partial charge in [-0.2, -0.15) is 0 Å². The van der Waals surface area contributed by atoms with Crippen LogP contribution in [0.3, 0.4) is 0 Å². The van der Waals surface area contributed by atoms with Crippen molar-refractivity contribution in [2.24, 2.45) is 0 Å². The number of nitrogens with one attached hydrogen (secondary N) is 2. The lowest BCUT2D eigenvalue weighted by atomic mass is 10.1. The van der Waals surface area contributed by atoms with Gasteiger partial charge in [-0.05, 0) is 57.2 Å². The topological polar surface area (TPSA) is 127 Å². The molecule has 0 radical (unpaired) electrons. The van der Waals surface area contributed by atoms with Gasteiger partial charge in [-0.3, -0.25) is 9.52 Å². The van der Waals surface area contributed by atoms with E-state index in [-0.39, 0.29) is 27.7 Å². The third-order valence-corrected chi connectivity index (χ3v) is 6.92. The summed E-state index contributed by atoms with van der Waals surface area (Å²) in [7, 11) is -3.90. The van der Waals surface area contributed by atoms with Crippen molar-refractivity contribution in [3.05, 3.63) is 81.4 Å². The number of halogens is 2. The molecule has 2 heterocycles. The number of sulfonamides is 1. The van der Waals surface area contributed by atoms with Crippen LogP contribution in [0.5, 0.6) is 0 Å². The maximum Gasteiger partial charge on any atom is 0.263 e. The summed E-state index contributed by atoms with van der Waals surface area (Å²) in [4.78, 5) is 21.3. The molecule has 0 bridgehead atoms. The van der Waals surface area contributed by atoms with E-state index in [1.807, 2.05) is 0 Å². The van der Waals surface area contributed by atoms with Crippen molar-refractivity contribution in [2.75, 3.05) is 10.0 Å². The van der Waals surface area contributed by atoms with E-state index in [0.717, 1.165) is 0 Å². The number of rotatable bonds is 6. The second kappa shape index (κ2) is 9.65. The van der Waals surface area contributed by atoms with Crippen molar-refractivity contribution in [2.45, 2.75) is 25.7 Å². The SMILES string of the molecule is Cc1cc(NS(=O)(=O)c2ccc(NC(=O)c3c(-c4c(Cl)cccc4Cl)noc3C)cc2)nc(C)n1. The minimum absolute atomic E-state index is 0.00545. The Bertz CT molecular complexity index is 1500. The van der Waals surface area contributed by atoms with Gasteiger partial charge in [0.05, 0.1) is 14.9 Å². The fraction of sp³-hybridized carbons (Fsp3) is 0.130. The lowest BCUT2D eigenvalue weighted by Crippen LogP contribution is -2.16. The number of anilines is 2. The van der Waals surface area contributed by atoms with Crippen molar-refractivity contribution in [1.82, 2.24) is 15.1 Å². The molecule has 35 heavy (non-hydrogen) atoms. The zero-order chi connectivity index (χ0) is 25.3. The van der Waals surface area contributed by atoms with Crippen LogP contribution in [0.4, 0.5) is 11.5 Å². The first-order valence-electron chi connectivity index (χ1n) is 10.2. The van der Waals surface area contributed by atoms with Gasteiger partial charge in [0.1, 0.15) is 28.7 Å². The number of hydrogen-bond donors (Lipinski definition) is 2. The number of amides is 1. The molecule has 0 unspecified atom stereocenters. The van der Waals surface area contributed by atoms with Crippen molar-refractivity contribution in [1.29, 1.82) is 0 Å². The highest BCUT2D eigenvalue weighted by molar-refractivity contribution is 7.92. The lowest BCUT2D eigenvalue weighted by Gasteiger charge is -2.10. The molecule has 12 heteroatoms. The first-order valence-corrected chi connectivity index (χ1v) is 12.5. The summed E-state index contributed by atoms with van der Waals surface area (Å²) in [5.74, 6) is 0.367.